The van der Waals surface area contributed by atoms with Gasteiger partial charge in [-0.25, -0.2) is 0 Å². The Morgan fingerprint density at radius 2 is 1.95 bits per heavy atom. The molecule has 110 valence electrons. The maximum Gasteiger partial charge on any atom is 0.320 e. The summed E-state index contributed by atoms with van der Waals surface area (Å²) in [5, 5.41) is 11.4. The van der Waals surface area contributed by atoms with Crippen molar-refractivity contribution in [1.82, 2.24) is 5.32 Å². The Morgan fingerprint density at radius 3 is 2.58 bits per heavy atom. The average molecular weight is 270 g/mol. The second kappa shape index (κ2) is 11.7. The normalized spacial score (nSPS) is 11.8. The molecule has 0 spiro atoms. The Hall–Kier alpha value is -1.36. The molecule has 0 aliphatic heterocycles. The first kappa shape index (κ1) is 17.6. The van der Waals surface area contributed by atoms with Gasteiger partial charge in [-0.2, -0.15) is 0 Å². The van der Waals surface area contributed by atoms with Crippen LogP contribution < -0.4 is 11.1 Å². The number of amides is 1. The van der Waals surface area contributed by atoms with E-state index < -0.39 is 12.0 Å². The smallest absolute Gasteiger partial charge is 0.320 e. The Kier molecular flexibility index (Phi) is 10.9. The molecule has 0 aliphatic rings. The number of nitrogens with one attached hydrogen (secondary N) is 1. The van der Waals surface area contributed by atoms with Gasteiger partial charge in [0.25, 0.3) is 0 Å². The second-order valence-electron chi connectivity index (χ2n) is 4.68. The molecule has 0 aromatic carbocycles. The lowest BCUT2D eigenvalue weighted by molar-refractivity contribution is -0.138. The van der Waals surface area contributed by atoms with Gasteiger partial charge in [-0.1, -0.05) is 12.5 Å². The van der Waals surface area contributed by atoms with Crippen molar-refractivity contribution >= 4 is 11.9 Å². The quantitative estimate of drug-likeness (QED) is 0.372. The van der Waals surface area contributed by atoms with E-state index in [0.29, 0.717) is 25.8 Å². The summed E-state index contributed by atoms with van der Waals surface area (Å²) in [4.78, 5) is 21.9. The molecule has 0 saturated heterocycles. The fraction of sp³-hybridized carbons (Fsp3) is 0.714. The molecule has 0 aliphatic carbocycles. The highest BCUT2D eigenvalue weighted by Crippen LogP contribution is 2.03. The predicted octanol–water partition coefficient (Wildman–Crippen LogP) is 1.82. The van der Waals surface area contributed by atoms with Crippen LogP contribution in [0.4, 0.5) is 0 Å². The zero-order valence-electron chi connectivity index (χ0n) is 11.6. The van der Waals surface area contributed by atoms with Crippen molar-refractivity contribution in [2.24, 2.45) is 5.73 Å². The second-order valence-corrected chi connectivity index (χ2v) is 4.68. The molecular formula is C14H26N2O3. The third-order valence-corrected chi connectivity index (χ3v) is 2.89. The van der Waals surface area contributed by atoms with Gasteiger partial charge in [0.1, 0.15) is 6.04 Å². The summed E-state index contributed by atoms with van der Waals surface area (Å²) in [6.07, 6.45) is 8.43. The number of rotatable bonds is 12. The number of hydrogen-bond donors (Lipinski definition) is 3. The van der Waals surface area contributed by atoms with Crippen LogP contribution in [0.25, 0.3) is 0 Å². The molecule has 0 rings (SSSR count). The van der Waals surface area contributed by atoms with Crippen LogP contribution in [-0.2, 0) is 9.59 Å². The summed E-state index contributed by atoms with van der Waals surface area (Å²) in [5.74, 6) is -0.898. The van der Waals surface area contributed by atoms with E-state index in [1.807, 2.05) is 6.08 Å². The van der Waals surface area contributed by atoms with Crippen LogP contribution in [0.15, 0.2) is 12.7 Å². The number of carboxylic acids is 1. The van der Waals surface area contributed by atoms with E-state index in [-0.39, 0.29) is 5.91 Å². The first-order valence-corrected chi connectivity index (χ1v) is 6.94. The van der Waals surface area contributed by atoms with Gasteiger partial charge in [-0.15, -0.1) is 6.58 Å². The average Bonchev–Trinajstić information content (AvgIpc) is 2.37. The van der Waals surface area contributed by atoms with Crippen molar-refractivity contribution in [3.63, 3.8) is 0 Å². The van der Waals surface area contributed by atoms with Crippen molar-refractivity contribution in [3.8, 4) is 0 Å². The van der Waals surface area contributed by atoms with Crippen LogP contribution >= 0.6 is 0 Å². The minimum absolute atomic E-state index is 0.0705. The molecule has 0 aromatic heterocycles. The van der Waals surface area contributed by atoms with Crippen LogP contribution in [0, 0.1) is 0 Å². The van der Waals surface area contributed by atoms with Gasteiger partial charge in [-0.3, -0.25) is 9.59 Å². The largest absolute Gasteiger partial charge is 0.480 e. The molecular weight excluding hydrogens is 244 g/mol. The highest BCUT2D eigenvalue weighted by atomic mass is 16.4. The van der Waals surface area contributed by atoms with E-state index in [2.05, 4.69) is 11.9 Å². The molecule has 5 nitrogen and oxygen atoms in total. The molecule has 1 atom stereocenters. The summed E-state index contributed by atoms with van der Waals surface area (Å²) in [7, 11) is 0. The van der Waals surface area contributed by atoms with E-state index in [0.717, 1.165) is 32.1 Å². The Balaban J connectivity index is 3.34. The molecule has 0 saturated carbocycles. The van der Waals surface area contributed by atoms with E-state index in [9.17, 15) is 9.59 Å². The molecule has 1 amide bonds. The molecule has 0 aromatic rings. The van der Waals surface area contributed by atoms with E-state index >= 15 is 0 Å². The number of allylic oxidation sites excluding steroid dienone is 1. The molecule has 0 heterocycles. The van der Waals surface area contributed by atoms with Crippen molar-refractivity contribution < 1.29 is 14.7 Å². The Labute approximate surface area is 115 Å². The predicted molar refractivity (Wildman–Crippen MR) is 75.8 cm³/mol. The lowest BCUT2D eigenvalue weighted by atomic mass is 10.1. The zero-order valence-corrected chi connectivity index (χ0v) is 11.6. The standard InChI is InChI=1S/C14H26N2O3/c1-2-3-4-5-6-10-13(17)16-11-8-7-9-12(15)14(18)19/h2,12H,1,3-11,15H2,(H,16,17)(H,18,19)/t12-/m0/s1. The van der Waals surface area contributed by atoms with Gasteiger partial charge in [-0.05, 0) is 38.5 Å². The molecule has 19 heavy (non-hydrogen) atoms. The van der Waals surface area contributed by atoms with Gasteiger partial charge < -0.3 is 16.2 Å². The third kappa shape index (κ3) is 11.5. The summed E-state index contributed by atoms with van der Waals surface area (Å²) in [6.45, 7) is 4.24. The highest BCUT2D eigenvalue weighted by molar-refractivity contribution is 5.75. The van der Waals surface area contributed by atoms with Gasteiger partial charge in [0, 0.05) is 13.0 Å². The van der Waals surface area contributed by atoms with Crippen LogP contribution in [0.3, 0.4) is 0 Å². The number of unbranched alkanes of at least 4 members (excludes halogenated alkanes) is 4. The molecule has 0 fully saturated rings. The summed E-state index contributed by atoms with van der Waals surface area (Å²) >= 11 is 0. The molecule has 4 N–H and O–H groups in total. The topological polar surface area (TPSA) is 92.4 Å². The van der Waals surface area contributed by atoms with Crippen LogP contribution in [0.5, 0.6) is 0 Å². The fourth-order valence-corrected chi connectivity index (χ4v) is 1.68. The van der Waals surface area contributed by atoms with Gasteiger partial charge in [0.2, 0.25) is 5.91 Å². The van der Waals surface area contributed by atoms with Crippen molar-refractivity contribution in [2.75, 3.05) is 6.54 Å². The number of nitrogens with two attached hydrogens (primary N) is 1. The maximum atomic E-state index is 11.4. The lowest BCUT2D eigenvalue weighted by Crippen LogP contribution is -2.30. The molecule has 0 unspecified atom stereocenters. The number of aliphatic carboxylic acids is 1. The van der Waals surface area contributed by atoms with Crippen LogP contribution in [0.1, 0.15) is 51.4 Å². The maximum absolute atomic E-state index is 11.4. The first-order chi connectivity index (χ1) is 9.07. The van der Waals surface area contributed by atoms with Crippen LogP contribution in [0.2, 0.25) is 0 Å². The molecule has 0 radical (unpaired) electrons. The number of carbonyl (C=O) groups is 2. The first-order valence-electron chi connectivity index (χ1n) is 6.94. The summed E-state index contributed by atoms with van der Waals surface area (Å²) in [6, 6.07) is -0.791. The highest BCUT2D eigenvalue weighted by Gasteiger charge is 2.10. The third-order valence-electron chi connectivity index (χ3n) is 2.89. The van der Waals surface area contributed by atoms with Crippen molar-refractivity contribution in [1.29, 1.82) is 0 Å². The van der Waals surface area contributed by atoms with Crippen molar-refractivity contribution in [3.05, 3.63) is 12.7 Å². The molecule has 5 heteroatoms. The zero-order chi connectivity index (χ0) is 14.5. The van der Waals surface area contributed by atoms with E-state index in [1.165, 1.54) is 0 Å². The minimum Gasteiger partial charge on any atom is -0.480 e. The molecule has 0 bridgehead atoms. The number of carbonyl (C=O) groups excluding carboxylic acids is 1. The number of hydrogen-bond acceptors (Lipinski definition) is 3. The van der Waals surface area contributed by atoms with Crippen molar-refractivity contribution in [2.45, 2.75) is 57.4 Å². The monoisotopic (exact) mass is 270 g/mol. The van der Waals surface area contributed by atoms with Gasteiger partial charge in [0.05, 0.1) is 0 Å². The Bertz CT molecular complexity index is 280. The Morgan fingerprint density at radius 1 is 1.21 bits per heavy atom. The minimum atomic E-state index is -0.969. The number of carboxylic acid groups (broad SMARTS) is 1. The van der Waals surface area contributed by atoms with Crippen LogP contribution in [-0.4, -0.2) is 29.6 Å². The van der Waals surface area contributed by atoms with Gasteiger partial charge >= 0.3 is 5.97 Å². The lowest BCUT2D eigenvalue weighted by Gasteiger charge is -2.07. The fourth-order valence-electron chi connectivity index (χ4n) is 1.68. The van der Waals surface area contributed by atoms with E-state index in [1.54, 1.807) is 0 Å². The van der Waals surface area contributed by atoms with Gasteiger partial charge in [0.15, 0.2) is 0 Å². The SMILES string of the molecule is C=CCCCCCC(=O)NCCCC[C@H](N)C(=O)O. The van der Waals surface area contributed by atoms with E-state index in [4.69, 9.17) is 10.8 Å². The summed E-state index contributed by atoms with van der Waals surface area (Å²) < 4.78 is 0. The summed E-state index contributed by atoms with van der Waals surface area (Å²) in [5.41, 5.74) is 5.37.